The number of allylic oxidation sites excluding steroid dienone is 1. The van der Waals surface area contributed by atoms with Crippen molar-refractivity contribution in [2.75, 3.05) is 60.0 Å². The molecular formula is C47H60O16. The fourth-order valence-electron chi connectivity index (χ4n) is 5.57. The SMILES string of the molecule is C=CC(=O)OCCCCOCC(COc1ccc(OC(=O)C2CCC(C(=O)Oc3ccc(OCC(COCCCCOC(=O)C=C)OC(=O)C=C)cc3)CC2)cc1)OC.C=CC=O. The molecule has 2 unspecified atom stereocenters. The first-order valence-corrected chi connectivity index (χ1v) is 20.6. The van der Waals surface area contributed by atoms with Gasteiger partial charge in [0.25, 0.3) is 0 Å². The molecule has 0 heterocycles. The van der Waals surface area contributed by atoms with Crippen molar-refractivity contribution < 1.29 is 76.1 Å². The highest BCUT2D eigenvalue weighted by Gasteiger charge is 2.32. The van der Waals surface area contributed by atoms with Crippen molar-refractivity contribution in [3.63, 3.8) is 0 Å². The summed E-state index contributed by atoms with van der Waals surface area (Å²) in [7, 11) is 1.58. The first kappa shape index (κ1) is 53.0. The highest BCUT2D eigenvalue weighted by atomic mass is 16.6. The van der Waals surface area contributed by atoms with Crippen molar-refractivity contribution in [1.82, 2.24) is 0 Å². The van der Waals surface area contributed by atoms with Gasteiger partial charge in [0, 0.05) is 38.6 Å². The summed E-state index contributed by atoms with van der Waals surface area (Å²) in [5.74, 6) is -1.19. The highest BCUT2D eigenvalue weighted by molar-refractivity contribution is 5.82. The van der Waals surface area contributed by atoms with Crippen LogP contribution < -0.4 is 18.9 Å². The van der Waals surface area contributed by atoms with Crippen molar-refractivity contribution in [3.05, 3.63) is 99.2 Å². The molecular weight excluding hydrogens is 821 g/mol. The van der Waals surface area contributed by atoms with E-state index in [1.165, 1.54) is 6.08 Å². The zero-order chi connectivity index (χ0) is 46.1. The largest absolute Gasteiger partial charge is 0.491 e. The predicted octanol–water partition coefficient (Wildman–Crippen LogP) is 6.30. The van der Waals surface area contributed by atoms with E-state index in [0.29, 0.717) is 101 Å². The number of esters is 5. The lowest BCUT2D eigenvalue weighted by atomic mass is 9.82. The molecule has 0 saturated heterocycles. The van der Waals surface area contributed by atoms with Gasteiger partial charge in [0.1, 0.15) is 48.6 Å². The topological polar surface area (TPSA) is 195 Å². The Morgan fingerprint density at radius 2 is 0.921 bits per heavy atom. The van der Waals surface area contributed by atoms with E-state index < -0.39 is 24.0 Å². The van der Waals surface area contributed by atoms with Crippen LogP contribution >= 0.6 is 0 Å². The van der Waals surface area contributed by atoms with Crippen molar-refractivity contribution in [2.24, 2.45) is 11.8 Å². The second kappa shape index (κ2) is 32.6. The first-order valence-electron chi connectivity index (χ1n) is 20.6. The summed E-state index contributed by atoms with van der Waals surface area (Å²) >= 11 is 0. The standard InChI is InChI=1S/C44H56O15.C3H4O/c1-5-40(45)53-26-10-8-24-51-28-38(50-4)30-55-34-16-20-36(21-17-34)58-43(48)32-12-14-33(15-13-32)44(49)59-37-22-18-35(19-23-37)56-31-39(57-42(47)7-3)29-52-25-9-11-27-54-41(46)6-2;1-2-3-4/h5-7,16-23,32-33,38-39H,1-3,8-15,24-31H2,4H3;2-3H,1H2. The minimum atomic E-state index is -0.705. The summed E-state index contributed by atoms with van der Waals surface area (Å²) in [6.07, 6.45) is 8.71. The third-order valence-corrected chi connectivity index (χ3v) is 9.02. The maximum Gasteiger partial charge on any atom is 0.330 e. The minimum absolute atomic E-state index is 0.00937. The third kappa shape index (κ3) is 23.6. The minimum Gasteiger partial charge on any atom is -0.491 e. The summed E-state index contributed by atoms with van der Waals surface area (Å²) in [6, 6.07) is 13.2. The summed E-state index contributed by atoms with van der Waals surface area (Å²) in [6.45, 7) is 15.3. The molecule has 63 heavy (non-hydrogen) atoms. The van der Waals surface area contributed by atoms with Gasteiger partial charge in [-0.1, -0.05) is 26.3 Å². The Hall–Kier alpha value is -6.10. The smallest absolute Gasteiger partial charge is 0.330 e. The summed E-state index contributed by atoms with van der Waals surface area (Å²) < 4.78 is 54.7. The zero-order valence-corrected chi connectivity index (χ0v) is 36.0. The van der Waals surface area contributed by atoms with Crippen LogP contribution in [0, 0.1) is 11.8 Å². The zero-order valence-electron chi connectivity index (χ0n) is 36.0. The molecule has 1 aliphatic carbocycles. The highest BCUT2D eigenvalue weighted by Crippen LogP contribution is 2.32. The molecule has 16 heteroatoms. The van der Waals surface area contributed by atoms with Gasteiger partial charge in [-0.25, -0.2) is 14.4 Å². The lowest BCUT2D eigenvalue weighted by molar-refractivity contribution is -0.148. The third-order valence-electron chi connectivity index (χ3n) is 9.02. The molecule has 2 aromatic rings. The van der Waals surface area contributed by atoms with E-state index in [9.17, 15) is 24.0 Å². The lowest BCUT2D eigenvalue weighted by Crippen LogP contribution is -2.30. The number of unbranched alkanes of at least 4 members (excludes halogenated alkanes) is 2. The molecule has 1 saturated carbocycles. The van der Waals surface area contributed by atoms with E-state index in [0.717, 1.165) is 24.6 Å². The molecule has 344 valence electrons. The number of rotatable bonds is 30. The van der Waals surface area contributed by atoms with E-state index >= 15 is 0 Å². The van der Waals surface area contributed by atoms with Crippen LogP contribution in [0.1, 0.15) is 51.4 Å². The first-order chi connectivity index (χ1) is 30.5. The van der Waals surface area contributed by atoms with Crippen molar-refractivity contribution in [2.45, 2.75) is 63.6 Å². The van der Waals surface area contributed by atoms with Gasteiger partial charge in [-0.15, -0.1) is 0 Å². The molecule has 0 N–H and O–H groups in total. The molecule has 16 nitrogen and oxygen atoms in total. The monoisotopic (exact) mass is 880 g/mol. The molecule has 1 fully saturated rings. The number of carbonyl (C=O) groups excluding carboxylic acids is 6. The van der Waals surface area contributed by atoms with Crippen LogP contribution in [-0.4, -0.2) is 108 Å². The Balaban J connectivity index is 0.00000326. The quantitative estimate of drug-likeness (QED) is 0.0212. The second-order valence-corrected chi connectivity index (χ2v) is 13.8. The van der Waals surface area contributed by atoms with Crippen LogP contribution in [0.3, 0.4) is 0 Å². The van der Waals surface area contributed by atoms with Crippen LogP contribution in [0.5, 0.6) is 23.0 Å². The van der Waals surface area contributed by atoms with Gasteiger partial charge in [0.15, 0.2) is 6.10 Å². The summed E-state index contributed by atoms with van der Waals surface area (Å²) in [5.41, 5.74) is 0. The van der Waals surface area contributed by atoms with Gasteiger partial charge in [-0.2, -0.15) is 0 Å². The Kier molecular flexibility index (Phi) is 27.4. The maximum absolute atomic E-state index is 13.0. The Labute approximate surface area is 369 Å². The predicted molar refractivity (Wildman–Crippen MR) is 230 cm³/mol. The number of hydrogen-bond acceptors (Lipinski definition) is 16. The lowest BCUT2D eigenvalue weighted by Gasteiger charge is -2.25. The fourth-order valence-corrected chi connectivity index (χ4v) is 5.57. The Bertz CT molecular complexity index is 1710. The molecule has 0 aliphatic heterocycles. The number of ether oxygens (including phenoxy) is 10. The van der Waals surface area contributed by atoms with Crippen LogP contribution in [0.4, 0.5) is 0 Å². The van der Waals surface area contributed by atoms with Crippen LogP contribution in [0.2, 0.25) is 0 Å². The molecule has 0 bridgehead atoms. The fraction of sp³-hybridized carbons (Fsp3) is 0.447. The van der Waals surface area contributed by atoms with E-state index in [-0.39, 0.29) is 56.3 Å². The van der Waals surface area contributed by atoms with Crippen LogP contribution in [0.25, 0.3) is 0 Å². The van der Waals surface area contributed by atoms with Crippen LogP contribution in [-0.2, 0) is 57.2 Å². The Morgan fingerprint density at radius 1 is 0.556 bits per heavy atom. The number of benzene rings is 2. The van der Waals surface area contributed by atoms with E-state index in [1.807, 2.05) is 0 Å². The van der Waals surface area contributed by atoms with E-state index in [4.69, 9.17) is 52.2 Å². The summed E-state index contributed by atoms with van der Waals surface area (Å²) in [5, 5.41) is 0. The molecule has 0 radical (unpaired) electrons. The van der Waals surface area contributed by atoms with Gasteiger partial charge in [-0.05, 0) is 106 Å². The second-order valence-electron chi connectivity index (χ2n) is 13.8. The van der Waals surface area contributed by atoms with E-state index in [2.05, 4.69) is 26.3 Å². The molecule has 0 amide bonds. The molecule has 2 atom stereocenters. The van der Waals surface area contributed by atoms with Gasteiger partial charge >= 0.3 is 29.8 Å². The average Bonchev–Trinajstić information content (AvgIpc) is 3.31. The number of carbonyl (C=O) groups is 6. The van der Waals surface area contributed by atoms with Gasteiger partial charge in [0.2, 0.25) is 0 Å². The maximum atomic E-state index is 13.0. The molecule has 1 aliphatic rings. The number of aldehydes is 1. The van der Waals surface area contributed by atoms with E-state index in [1.54, 1.807) is 55.6 Å². The Morgan fingerprint density at radius 3 is 1.30 bits per heavy atom. The normalized spacial score (nSPS) is 15.0. The van der Waals surface area contributed by atoms with Crippen molar-refractivity contribution in [3.8, 4) is 23.0 Å². The number of hydrogen-bond donors (Lipinski definition) is 0. The van der Waals surface area contributed by atoms with Crippen LogP contribution in [0.15, 0.2) is 99.2 Å². The molecule has 2 aromatic carbocycles. The van der Waals surface area contributed by atoms with Crippen molar-refractivity contribution in [1.29, 1.82) is 0 Å². The molecule has 0 aromatic heterocycles. The van der Waals surface area contributed by atoms with Gasteiger partial charge in [-0.3, -0.25) is 14.4 Å². The van der Waals surface area contributed by atoms with Crippen molar-refractivity contribution >= 4 is 36.1 Å². The van der Waals surface area contributed by atoms with Gasteiger partial charge < -0.3 is 47.4 Å². The average molecular weight is 881 g/mol. The van der Waals surface area contributed by atoms with Gasteiger partial charge in [0.05, 0.1) is 38.3 Å². The molecule has 0 spiro atoms. The number of methoxy groups -OCH3 is 1. The molecule has 3 rings (SSSR count). The summed E-state index contributed by atoms with van der Waals surface area (Å²) in [4.78, 5) is 68.9.